The summed E-state index contributed by atoms with van der Waals surface area (Å²) in [6.45, 7) is 5.37. The highest BCUT2D eigenvalue weighted by Crippen LogP contribution is 2.21. The van der Waals surface area contributed by atoms with Gasteiger partial charge in [0.1, 0.15) is 6.04 Å². The molecule has 6 nitrogen and oxygen atoms in total. The van der Waals surface area contributed by atoms with E-state index in [1.807, 2.05) is 4.90 Å². The third kappa shape index (κ3) is 4.41. The third-order valence-corrected chi connectivity index (χ3v) is 5.47. The Morgan fingerprint density at radius 1 is 1.32 bits per heavy atom. The topological polar surface area (TPSA) is 73.8 Å². The summed E-state index contributed by atoms with van der Waals surface area (Å²) in [4.78, 5) is 27.0. The Morgan fingerprint density at radius 3 is 2.92 bits per heavy atom. The summed E-state index contributed by atoms with van der Waals surface area (Å²) in [5.41, 5.74) is 4.02. The summed E-state index contributed by atoms with van der Waals surface area (Å²) in [5, 5.41) is 7.47. The van der Waals surface area contributed by atoms with Crippen LogP contribution >= 0.6 is 0 Å². The monoisotopic (exact) mass is 346 g/mol. The van der Waals surface area contributed by atoms with E-state index in [1.54, 1.807) is 0 Å². The number of rotatable bonds is 4. The molecule has 2 N–H and O–H groups in total. The van der Waals surface area contributed by atoms with E-state index in [1.165, 1.54) is 0 Å². The summed E-state index contributed by atoms with van der Waals surface area (Å²) in [6.07, 6.45) is 9.99. The lowest BCUT2D eigenvalue weighted by molar-refractivity contribution is -0.132. The lowest BCUT2D eigenvalue weighted by Gasteiger charge is -2.21. The van der Waals surface area contributed by atoms with Crippen LogP contribution < -0.4 is 10.7 Å². The van der Waals surface area contributed by atoms with Gasteiger partial charge in [0.15, 0.2) is 0 Å². The molecule has 1 aliphatic carbocycles. The highest BCUT2D eigenvalue weighted by molar-refractivity contribution is 5.95. The fraction of sp³-hybridized carbons (Fsp3) is 0.737. The summed E-state index contributed by atoms with van der Waals surface area (Å²) < 4.78 is 0. The van der Waals surface area contributed by atoms with Crippen molar-refractivity contribution in [2.75, 3.05) is 13.1 Å². The maximum Gasteiger partial charge on any atom is 0.247 e. The lowest BCUT2D eigenvalue weighted by atomic mass is 10.0. The molecule has 3 unspecified atom stereocenters. The Morgan fingerprint density at radius 2 is 2.16 bits per heavy atom. The molecule has 3 rings (SSSR count). The smallest absolute Gasteiger partial charge is 0.247 e. The Labute approximate surface area is 150 Å². The number of amides is 2. The molecular formula is C19H30N4O2. The van der Waals surface area contributed by atoms with Crippen molar-refractivity contribution in [3.05, 3.63) is 12.2 Å². The van der Waals surface area contributed by atoms with Crippen molar-refractivity contribution in [3.63, 3.8) is 0 Å². The van der Waals surface area contributed by atoms with Gasteiger partial charge in [0.25, 0.3) is 0 Å². The van der Waals surface area contributed by atoms with E-state index in [9.17, 15) is 9.59 Å². The van der Waals surface area contributed by atoms with Gasteiger partial charge in [-0.15, -0.1) is 0 Å². The first-order valence-corrected chi connectivity index (χ1v) is 9.60. The number of carbonyl (C=O) groups is 2. The van der Waals surface area contributed by atoms with E-state index in [0.717, 1.165) is 37.8 Å². The summed E-state index contributed by atoms with van der Waals surface area (Å²) in [7, 11) is 0. The first kappa shape index (κ1) is 18.0. The maximum atomic E-state index is 12.7. The van der Waals surface area contributed by atoms with Crippen LogP contribution in [0.15, 0.2) is 17.3 Å². The van der Waals surface area contributed by atoms with Gasteiger partial charge in [-0.1, -0.05) is 26.0 Å². The van der Waals surface area contributed by atoms with Crippen molar-refractivity contribution in [2.45, 2.75) is 64.5 Å². The predicted octanol–water partition coefficient (Wildman–Crippen LogP) is 1.82. The number of allylic oxidation sites excluding steroid dienone is 1. The zero-order valence-electron chi connectivity index (χ0n) is 15.3. The molecule has 0 aromatic heterocycles. The molecule has 2 aliphatic heterocycles. The minimum Gasteiger partial charge on any atom is -0.353 e. The molecule has 6 heteroatoms. The molecule has 3 aliphatic rings. The molecule has 3 atom stereocenters. The van der Waals surface area contributed by atoms with Gasteiger partial charge in [-0.05, 0) is 38.0 Å². The van der Waals surface area contributed by atoms with Gasteiger partial charge in [-0.3, -0.25) is 15.0 Å². The van der Waals surface area contributed by atoms with Crippen LogP contribution in [0.3, 0.4) is 0 Å². The maximum absolute atomic E-state index is 12.7. The molecule has 0 spiro atoms. The van der Waals surface area contributed by atoms with Gasteiger partial charge in [-0.25, -0.2) is 0 Å². The largest absolute Gasteiger partial charge is 0.353 e. The standard InChI is InChI=1S/C19H30N4O2/c1-13(2)16-11-17(22-21-16)19(25)23-10-9-14(12-23)18(24)20-15-7-5-3-4-6-8-15/h3,5,13-15,17,22H,4,6-12H2,1-2H3,(H,20,24). The minimum atomic E-state index is -0.258. The fourth-order valence-electron chi connectivity index (χ4n) is 3.79. The molecule has 0 bridgehead atoms. The molecule has 2 heterocycles. The number of nitrogens with zero attached hydrogens (tertiary/aromatic N) is 2. The van der Waals surface area contributed by atoms with Crippen molar-refractivity contribution in [1.82, 2.24) is 15.6 Å². The molecule has 25 heavy (non-hydrogen) atoms. The van der Waals surface area contributed by atoms with Crippen molar-refractivity contribution in [2.24, 2.45) is 16.9 Å². The van der Waals surface area contributed by atoms with Crippen molar-refractivity contribution in [1.29, 1.82) is 0 Å². The number of hydrogen-bond acceptors (Lipinski definition) is 4. The van der Waals surface area contributed by atoms with Crippen molar-refractivity contribution in [3.8, 4) is 0 Å². The van der Waals surface area contributed by atoms with Gasteiger partial charge in [-0.2, -0.15) is 5.10 Å². The summed E-state index contributed by atoms with van der Waals surface area (Å²) in [5.74, 6) is 0.459. The Kier molecular flexibility index (Phi) is 5.76. The Bertz CT molecular complexity index is 570. The second-order valence-electron chi connectivity index (χ2n) is 7.76. The highest BCUT2D eigenvalue weighted by atomic mass is 16.2. The second kappa shape index (κ2) is 8.02. The summed E-state index contributed by atoms with van der Waals surface area (Å²) in [6, 6.07) is -0.0132. The first-order valence-electron chi connectivity index (χ1n) is 9.60. The molecule has 0 aromatic rings. The number of carbonyl (C=O) groups excluding carboxylic acids is 2. The average molecular weight is 346 g/mol. The molecule has 0 saturated carbocycles. The van der Waals surface area contributed by atoms with Crippen LogP contribution in [0.4, 0.5) is 0 Å². The minimum absolute atomic E-state index is 0.0760. The molecular weight excluding hydrogens is 316 g/mol. The fourth-order valence-corrected chi connectivity index (χ4v) is 3.79. The van der Waals surface area contributed by atoms with E-state index in [4.69, 9.17) is 0 Å². The van der Waals surface area contributed by atoms with Gasteiger partial charge in [0.2, 0.25) is 11.8 Å². The molecule has 0 aromatic carbocycles. The van der Waals surface area contributed by atoms with E-state index in [2.05, 4.69) is 41.8 Å². The van der Waals surface area contributed by atoms with E-state index in [-0.39, 0.29) is 29.8 Å². The Hall–Kier alpha value is -1.85. The van der Waals surface area contributed by atoms with Crippen LogP contribution in [0.25, 0.3) is 0 Å². The first-order chi connectivity index (χ1) is 12.0. The van der Waals surface area contributed by atoms with Crippen LogP contribution in [-0.2, 0) is 9.59 Å². The van der Waals surface area contributed by atoms with Crippen molar-refractivity contribution >= 4 is 17.5 Å². The van der Waals surface area contributed by atoms with E-state index >= 15 is 0 Å². The molecule has 138 valence electrons. The van der Waals surface area contributed by atoms with Crippen LogP contribution in [0, 0.1) is 11.8 Å². The molecule has 1 fully saturated rings. The highest BCUT2D eigenvalue weighted by Gasteiger charge is 2.36. The van der Waals surface area contributed by atoms with Gasteiger partial charge in [0.05, 0.1) is 5.92 Å². The Balaban J connectivity index is 1.47. The SMILES string of the molecule is CC(C)C1=NNC(C(=O)N2CCC(C(=O)NC3CC=CCCC3)C2)C1. The van der Waals surface area contributed by atoms with Gasteiger partial charge < -0.3 is 10.2 Å². The van der Waals surface area contributed by atoms with Crippen LogP contribution in [0.1, 0.15) is 52.4 Å². The number of likely N-dealkylation sites (tertiary alicyclic amines) is 1. The van der Waals surface area contributed by atoms with Crippen LogP contribution in [0.5, 0.6) is 0 Å². The van der Waals surface area contributed by atoms with E-state index < -0.39 is 0 Å². The quantitative estimate of drug-likeness (QED) is 0.763. The zero-order chi connectivity index (χ0) is 17.8. The number of hydrazone groups is 1. The molecule has 2 amide bonds. The average Bonchev–Trinajstić information content (AvgIpc) is 3.21. The number of nitrogens with one attached hydrogen (secondary N) is 2. The van der Waals surface area contributed by atoms with Crippen LogP contribution in [-0.4, -0.2) is 47.6 Å². The lowest BCUT2D eigenvalue weighted by Crippen LogP contribution is -2.44. The molecule has 0 radical (unpaired) electrons. The summed E-state index contributed by atoms with van der Waals surface area (Å²) >= 11 is 0. The van der Waals surface area contributed by atoms with Crippen LogP contribution in [0.2, 0.25) is 0 Å². The number of hydrogen-bond donors (Lipinski definition) is 2. The third-order valence-electron chi connectivity index (χ3n) is 5.47. The normalized spacial score (nSPS) is 29.3. The molecule has 1 saturated heterocycles. The predicted molar refractivity (Wildman–Crippen MR) is 98.0 cm³/mol. The van der Waals surface area contributed by atoms with Gasteiger partial charge >= 0.3 is 0 Å². The van der Waals surface area contributed by atoms with Gasteiger partial charge in [0, 0.05) is 31.3 Å². The van der Waals surface area contributed by atoms with E-state index in [0.29, 0.717) is 25.4 Å². The zero-order valence-corrected chi connectivity index (χ0v) is 15.3. The van der Waals surface area contributed by atoms with Crippen molar-refractivity contribution < 1.29 is 9.59 Å². The second-order valence-corrected chi connectivity index (χ2v) is 7.76.